The van der Waals surface area contributed by atoms with E-state index in [2.05, 4.69) is 54.1 Å². The summed E-state index contributed by atoms with van der Waals surface area (Å²) >= 11 is 0. The van der Waals surface area contributed by atoms with Crippen molar-refractivity contribution in [2.45, 2.75) is 44.8 Å². The molecule has 0 saturated heterocycles. The van der Waals surface area contributed by atoms with Crippen molar-refractivity contribution in [3.05, 3.63) is 59.4 Å². The number of aliphatic hydroxyl groups is 1. The molecule has 2 unspecified atom stereocenters. The highest BCUT2D eigenvalue weighted by Gasteiger charge is 2.21. The summed E-state index contributed by atoms with van der Waals surface area (Å²) in [5, 5.41) is 10.0. The van der Waals surface area contributed by atoms with Gasteiger partial charge in [-0.1, -0.05) is 37.3 Å². The van der Waals surface area contributed by atoms with Crippen LogP contribution in [0.2, 0.25) is 0 Å². The first-order chi connectivity index (χ1) is 9.25. The van der Waals surface area contributed by atoms with Crippen LogP contribution >= 0.6 is 0 Å². The highest BCUT2D eigenvalue weighted by atomic mass is 16.3. The van der Waals surface area contributed by atoms with E-state index in [0.717, 1.165) is 31.4 Å². The largest absolute Gasteiger partial charge is 0.388 e. The molecule has 0 amide bonds. The van der Waals surface area contributed by atoms with Crippen molar-refractivity contribution in [1.29, 1.82) is 0 Å². The molecule has 19 heavy (non-hydrogen) atoms. The number of hydrogen-bond donors (Lipinski definition) is 1. The fourth-order valence-corrected chi connectivity index (χ4v) is 3.09. The molecule has 2 nitrogen and oxygen atoms in total. The van der Waals surface area contributed by atoms with Crippen LogP contribution in [0.1, 0.15) is 48.6 Å². The Balaban J connectivity index is 1.81. The van der Waals surface area contributed by atoms with Crippen LogP contribution < -0.4 is 0 Å². The molecule has 1 N–H and O–H groups in total. The molecule has 0 fully saturated rings. The van der Waals surface area contributed by atoms with Gasteiger partial charge in [-0.25, -0.2) is 0 Å². The summed E-state index contributed by atoms with van der Waals surface area (Å²) in [6, 6.07) is 12.7. The molecule has 0 bridgehead atoms. The van der Waals surface area contributed by atoms with E-state index in [1.54, 1.807) is 0 Å². The van der Waals surface area contributed by atoms with Crippen LogP contribution in [0.5, 0.6) is 0 Å². The number of benzene rings is 1. The zero-order valence-electron chi connectivity index (χ0n) is 11.4. The molecule has 0 aliphatic heterocycles. The van der Waals surface area contributed by atoms with Crippen molar-refractivity contribution in [3.8, 4) is 0 Å². The smallest absolute Gasteiger partial charge is 0.0807 e. The minimum Gasteiger partial charge on any atom is -0.388 e. The molecule has 1 heterocycles. The molecule has 1 aromatic heterocycles. The van der Waals surface area contributed by atoms with Crippen molar-refractivity contribution < 1.29 is 5.11 Å². The van der Waals surface area contributed by atoms with Gasteiger partial charge in [0.25, 0.3) is 0 Å². The van der Waals surface area contributed by atoms with Crippen LogP contribution in [0.25, 0.3) is 0 Å². The number of fused-ring (bicyclic) bond motifs is 1. The van der Waals surface area contributed by atoms with Crippen molar-refractivity contribution in [2.75, 3.05) is 0 Å². The summed E-state index contributed by atoms with van der Waals surface area (Å²) in [5.74, 6) is 0.497. The average molecular weight is 255 g/mol. The minimum absolute atomic E-state index is 0.253. The third-order valence-corrected chi connectivity index (χ3v) is 4.20. The van der Waals surface area contributed by atoms with Gasteiger partial charge >= 0.3 is 0 Å². The third kappa shape index (κ3) is 2.45. The number of aliphatic hydroxyl groups excluding tert-OH is 1. The topological polar surface area (TPSA) is 25.2 Å². The first-order valence-corrected chi connectivity index (χ1v) is 7.16. The first-order valence-electron chi connectivity index (χ1n) is 7.16. The van der Waals surface area contributed by atoms with E-state index in [4.69, 9.17) is 0 Å². The number of nitrogens with zero attached hydrogens (tertiary/aromatic N) is 1. The Kier molecular flexibility index (Phi) is 3.43. The lowest BCUT2D eigenvalue weighted by Gasteiger charge is -2.22. The number of aromatic nitrogens is 1. The van der Waals surface area contributed by atoms with E-state index in [-0.39, 0.29) is 6.10 Å². The van der Waals surface area contributed by atoms with Gasteiger partial charge in [0.2, 0.25) is 0 Å². The lowest BCUT2D eigenvalue weighted by Crippen LogP contribution is -2.14. The van der Waals surface area contributed by atoms with Gasteiger partial charge in [0.15, 0.2) is 0 Å². The van der Waals surface area contributed by atoms with Crippen molar-refractivity contribution in [1.82, 2.24) is 4.57 Å². The second kappa shape index (κ2) is 5.22. The Bertz CT molecular complexity index is 544. The van der Waals surface area contributed by atoms with E-state index >= 15 is 0 Å². The summed E-state index contributed by atoms with van der Waals surface area (Å²) in [5.41, 5.74) is 3.86. The summed E-state index contributed by atoms with van der Waals surface area (Å²) in [6.07, 6.45) is 4.99. The van der Waals surface area contributed by atoms with Crippen LogP contribution in [0.4, 0.5) is 0 Å². The van der Waals surface area contributed by atoms with Gasteiger partial charge in [-0.2, -0.15) is 0 Å². The molecule has 2 aromatic rings. The molecule has 1 aromatic carbocycles. The maximum atomic E-state index is 10.0. The van der Waals surface area contributed by atoms with Crippen molar-refractivity contribution in [3.63, 3.8) is 0 Å². The van der Waals surface area contributed by atoms with E-state index in [9.17, 15) is 5.11 Å². The monoisotopic (exact) mass is 255 g/mol. The first kappa shape index (κ1) is 12.5. The predicted octanol–water partition coefficient (Wildman–Crippen LogP) is 3.66. The fourth-order valence-electron chi connectivity index (χ4n) is 3.09. The van der Waals surface area contributed by atoms with Crippen LogP contribution in [-0.4, -0.2) is 9.67 Å². The molecule has 100 valence electrons. The Hall–Kier alpha value is -1.54. The Morgan fingerprint density at radius 2 is 2.05 bits per heavy atom. The zero-order valence-corrected chi connectivity index (χ0v) is 11.4. The van der Waals surface area contributed by atoms with Gasteiger partial charge < -0.3 is 9.67 Å². The molecule has 2 atom stereocenters. The molecule has 1 aliphatic carbocycles. The van der Waals surface area contributed by atoms with Gasteiger partial charge in [-0.3, -0.25) is 0 Å². The van der Waals surface area contributed by atoms with Gasteiger partial charge in [0, 0.05) is 24.0 Å². The van der Waals surface area contributed by atoms with E-state index in [0.29, 0.717) is 5.92 Å². The quantitative estimate of drug-likeness (QED) is 0.889. The second-order valence-electron chi connectivity index (χ2n) is 5.59. The molecular weight excluding hydrogens is 234 g/mol. The van der Waals surface area contributed by atoms with E-state index < -0.39 is 0 Å². The van der Waals surface area contributed by atoms with Crippen LogP contribution in [0, 0.1) is 0 Å². The molecule has 0 saturated carbocycles. The van der Waals surface area contributed by atoms with E-state index in [1.807, 2.05) is 0 Å². The number of hydrogen-bond acceptors (Lipinski definition) is 1. The molecule has 2 heteroatoms. The standard InChI is InChI=1S/C17H21NO/c1-13(14-6-3-2-4-7-14)12-18-11-10-15-16(18)8-5-9-17(15)19/h2-4,6-7,10-11,13,17,19H,5,8-9,12H2,1H3. The molecule has 3 rings (SSSR count). The maximum absolute atomic E-state index is 10.0. The molecule has 0 spiro atoms. The van der Waals surface area contributed by atoms with Crippen LogP contribution in [0.15, 0.2) is 42.6 Å². The Morgan fingerprint density at radius 3 is 2.84 bits per heavy atom. The van der Waals surface area contributed by atoms with Crippen LogP contribution in [0.3, 0.4) is 0 Å². The highest BCUT2D eigenvalue weighted by molar-refractivity contribution is 5.28. The second-order valence-corrected chi connectivity index (χ2v) is 5.59. The van der Waals surface area contributed by atoms with Crippen LogP contribution in [-0.2, 0) is 13.0 Å². The summed E-state index contributed by atoms with van der Waals surface area (Å²) in [7, 11) is 0. The van der Waals surface area contributed by atoms with Gasteiger partial charge in [0.1, 0.15) is 0 Å². The maximum Gasteiger partial charge on any atom is 0.0807 e. The third-order valence-electron chi connectivity index (χ3n) is 4.20. The normalized spacial score (nSPS) is 20.0. The Labute approximate surface area is 114 Å². The summed E-state index contributed by atoms with van der Waals surface area (Å²) in [6.45, 7) is 3.26. The van der Waals surface area contributed by atoms with Gasteiger partial charge in [-0.05, 0) is 36.8 Å². The highest BCUT2D eigenvalue weighted by Crippen LogP contribution is 2.31. The lowest BCUT2D eigenvalue weighted by atomic mass is 9.95. The summed E-state index contributed by atoms with van der Waals surface area (Å²) in [4.78, 5) is 0. The molecule has 0 radical (unpaired) electrons. The fraction of sp³-hybridized carbons (Fsp3) is 0.412. The zero-order chi connectivity index (χ0) is 13.2. The van der Waals surface area contributed by atoms with E-state index in [1.165, 1.54) is 11.3 Å². The Morgan fingerprint density at radius 1 is 1.26 bits per heavy atom. The SMILES string of the molecule is CC(Cn1ccc2c1CCCC2O)c1ccccc1. The minimum atomic E-state index is -0.253. The number of rotatable bonds is 3. The molecule has 1 aliphatic rings. The van der Waals surface area contributed by atoms with Gasteiger partial charge in [-0.15, -0.1) is 0 Å². The van der Waals surface area contributed by atoms with Crippen molar-refractivity contribution in [2.24, 2.45) is 0 Å². The summed E-state index contributed by atoms with van der Waals surface area (Å²) < 4.78 is 2.33. The van der Waals surface area contributed by atoms with Crippen molar-refractivity contribution >= 4 is 0 Å². The lowest BCUT2D eigenvalue weighted by molar-refractivity contribution is 0.155. The van der Waals surface area contributed by atoms with Gasteiger partial charge in [0.05, 0.1) is 6.10 Å². The average Bonchev–Trinajstić information content (AvgIpc) is 2.84. The predicted molar refractivity (Wildman–Crippen MR) is 77.2 cm³/mol. The molecular formula is C17H21NO.